The van der Waals surface area contributed by atoms with Gasteiger partial charge in [-0.2, -0.15) is 13.2 Å². The molecule has 13 rings (SSSR count). The maximum absolute atomic E-state index is 15.4. The second-order valence-electron chi connectivity index (χ2n) is 19.9. The van der Waals surface area contributed by atoms with Crippen LogP contribution in [0, 0.1) is 27.7 Å². The Hall–Kier alpha value is -9.40. The monoisotopic (exact) mass is 991 g/mol. The SMILES string of the molecule is Cc1cc(C)cc(-c2ccc3c(c2)c2ccccc2n3-c2ccc(-c3nc(-c4ccccc4)nc(-c4ccccc4)n3)c(-c3cc(C(F)(F)F)ccc3-n3c4ccccc4c4cc(-c5cc(C)cc(C)c5)ccc43)c2)c1. The van der Waals surface area contributed by atoms with E-state index in [9.17, 15) is 0 Å². The Bertz CT molecular complexity index is 4340. The van der Waals surface area contributed by atoms with Gasteiger partial charge in [0.05, 0.1) is 33.3 Å². The molecule has 0 fully saturated rings. The summed E-state index contributed by atoms with van der Waals surface area (Å²) in [5.41, 5.74) is 16.2. The summed E-state index contributed by atoms with van der Waals surface area (Å²) in [4.78, 5) is 15.4. The molecule has 0 atom stereocenters. The van der Waals surface area contributed by atoms with E-state index in [2.05, 4.69) is 128 Å². The van der Waals surface area contributed by atoms with Crippen LogP contribution in [0.4, 0.5) is 13.2 Å². The van der Waals surface area contributed by atoms with Gasteiger partial charge in [0, 0.05) is 49.5 Å². The van der Waals surface area contributed by atoms with Crippen LogP contribution < -0.4 is 0 Å². The minimum absolute atomic E-state index is 0.318. The van der Waals surface area contributed by atoms with Crippen molar-refractivity contribution in [2.24, 2.45) is 0 Å². The van der Waals surface area contributed by atoms with Crippen LogP contribution in [0.25, 0.3) is 123 Å². The summed E-state index contributed by atoms with van der Waals surface area (Å²) in [6.07, 6.45) is -4.67. The maximum Gasteiger partial charge on any atom is 0.416 e. The molecule has 0 bridgehead atoms. The minimum Gasteiger partial charge on any atom is -0.309 e. The van der Waals surface area contributed by atoms with E-state index in [0.717, 1.165) is 93.8 Å². The van der Waals surface area contributed by atoms with Gasteiger partial charge in [0.2, 0.25) is 0 Å². The van der Waals surface area contributed by atoms with Crippen LogP contribution in [0.1, 0.15) is 27.8 Å². The quantitative estimate of drug-likeness (QED) is 0.152. The molecule has 0 aliphatic rings. The molecule has 3 heterocycles. The predicted molar refractivity (Wildman–Crippen MR) is 305 cm³/mol. The van der Waals surface area contributed by atoms with Gasteiger partial charge in [0.1, 0.15) is 0 Å². The van der Waals surface area contributed by atoms with Crippen LogP contribution in [-0.4, -0.2) is 24.1 Å². The van der Waals surface area contributed by atoms with E-state index in [-0.39, 0.29) is 0 Å². The standard InChI is InChI=1S/C68H48F3N5/c1-41-31-42(2)34-49(33-41)47-23-28-62-57(37-47)53-19-11-13-21-60(53)75(62)52-26-27-55(67-73-65(45-15-7-5-8-16-45)72-66(74-67)46-17-9-6-10-18-46)56(40-52)59-39-51(68(69,70)71)25-30-64(59)76-61-22-14-12-20-54(61)58-38-48(24-29-63(58)76)50-35-43(3)32-44(4)36-50/h5-40H,1-4H3. The number of alkyl halides is 3. The number of rotatable bonds is 8. The van der Waals surface area contributed by atoms with E-state index in [1.54, 1.807) is 6.07 Å². The van der Waals surface area contributed by atoms with E-state index < -0.39 is 11.7 Å². The zero-order valence-corrected chi connectivity index (χ0v) is 42.2. The molecular weight excluding hydrogens is 944 g/mol. The van der Waals surface area contributed by atoms with E-state index in [0.29, 0.717) is 39.9 Å². The molecule has 10 aromatic carbocycles. The van der Waals surface area contributed by atoms with Gasteiger partial charge in [-0.15, -0.1) is 0 Å². The second-order valence-corrected chi connectivity index (χ2v) is 19.9. The van der Waals surface area contributed by atoms with Gasteiger partial charge in [-0.1, -0.05) is 168 Å². The van der Waals surface area contributed by atoms with Gasteiger partial charge in [-0.3, -0.25) is 0 Å². The molecule has 0 radical (unpaired) electrons. The zero-order valence-electron chi connectivity index (χ0n) is 42.2. The van der Waals surface area contributed by atoms with Gasteiger partial charge in [-0.05, 0) is 128 Å². The Labute approximate surface area is 437 Å². The highest BCUT2D eigenvalue weighted by Crippen LogP contribution is 2.45. The normalized spacial score (nSPS) is 11.9. The Morgan fingerprint density at radius 3 is 1.30 bits per heavy atom. The number of benzene rings is 10. The lowest BCUT2D eigenvalue weighted by atomic mass is 9.94. The van der Waals surface area contributed by atoms with Gasteiger partial charge >= 0.3 is 6.18 Å². The fourth-order valence-electron chi connectivity index (χ4n) is 11.3. The van der Waals surface area contributed by atoms with Crippen molar-refractivity contribution < 1.29 is 13.2 Å². The molecule has 0 saturated carbocycles. The highest BCUT2D eigenvalue weighted by Gasteiger charge is 2.33. The number of fused-ring (bicyclic) bond motifs is 6. The van der Waals surface area contributed by atoms with Crippen molar-refractivity contribution in [1.82, 2.24) is 24.1 Å². The topological polar surface area (TPSA) is 48.5 Å². The molecule has 366 valence electrons. The first-order chi connectivity index (χ1) is 36.9. The molecule has 0 aliphatic heterocycles. The number of halogens is 3. The first kappa shape index (κ1) is 46.4. The van der Waals surface area contributed by atoms with E-state index in [1.807, 2.05) is 109 Å². The predicted octanol–water partition coefficient (Wildman–Crippen LogP) is 18.3. The summed E-state index contributed by atoms with van der Waals surface area (Å²) < 4.78 is 50.6. The zero-order chi connectivity index (χ0) is 51.8. The Morgan fingerprint density at radius 1 is 0.316 bits per heavy atom. The molecule has 13 aromatic rings. The smallest absolute Gasteiger partial charge is 0.309 e. The van der Waals surface area contributed by atoms with Crippen LogP contribution in [0.2, 0.25) is 0 Å². The lowest BCUT2D eigenvalue weighted by molar-refractivity contribution is -0.137. The van der Waals surface area contributed by atoms with Crippen molar-refractivity contribution in [3.05, 3.63) is 246 Å². The molecule has 76 heavy (non-hydrogen) atoms. The fraction of sp³-hybridized carbons (Fsp3) is 0.0735. The van der Waals surface area contributed by atoms with Gasteiger partial charge in [0.15, 0.2) is 17.5 Å². The third kappa shape index (κ3) is 8.19. The number of aromatic nitrogens is 5. The molecule has 0 unspecified atom stereocenters. The Kier molecular flexibility index (Phi) is 11.1. The minimum atomic E-state index is -4.67. The molecule has 5 nitrogen and oxygen atoms in total. The first-order valence-electron chi connectivity index (χ1n) is 25.4. The first-order valence-corrected chi connectivity index (χ1v) is 25.4. The van der Waals surface area contributed by atoms with Crippen LogP contribution in [-0.2, 0) is 6.18 Å². The average molecular weight is 992 g/mol. The van der Waals surface area contributed by atoms with Crippen LogP contribution in [0.5, 0.6) is 0 Å². The largest absolute Gasteiger partial charge is 0.416 e. The van der Waals surface area contributed by atoms with Gasteiger partial charge in [0.25, 0.3) is 0 Å². The van der Waals surface area contributed by atoms with Crippen molar-refractivity contribution in [1.29, 1.82) is 0 Å². The highest BCUT2D eigenvalue weighted by atomic mass is 19.4. The second kappa shape index (κ2) is 18.2. The van der Waals surface area contributed by atoms with Gasteiger partial charge < -0.3 is 9.13 Å². The molecule has 0 aliphatic carbocycles. The number of hydrogen-bond acceptors (Lipinski definition) is 3. The van der Waals surface area contributed by atoms with Crippen LogP contribution in [0.15, 0.2) is 218 Å². The molecule has 0 N–H and O–H groups in total. The van der Waals surface area contributed by atoms with Crippen molar-refractivity contribution in [2.75, 3.05) is 0 Å². The molecule has 0 spiro atoms. The van der Waals surface area contributed by atoms with Crippen molar-refractivity contribution in [2.45, 2.75) is 33.9 Å². The van der Waals surface area contributed by atoms with E-state index in [1.165, 1.54) is 23.3 Å². The number of hydrogen-bond donors (Lipinski definition) is 0. The summed E-state index contributed by atoms with van der Waals surface area (Å²) >= 11 is 0. The van der Waals surface area contributed by atoms with Crippen LogP contribution in [0.3, 0.4) is 0 Å². The Morgan fingerprint density at radius 2 is 0.776 bits per heavy atom. The van der Waals surface area contributed by atoms with Crippen LogP contribution >= 0.6 is 0 Å². The Balaban J connectivity index is 1.11. The maximum atomic E-state index is 15.4. The summed E-state index contributed by atoms with van der Waals surface area (Å²) in [5.74, 6) is 1.19. The number of aryl methyl sites for hydroxylation is 4. The third-order valence-corrected chi connectivity index (χ3v) is 14.5. The van der Waals surface area contributed by atoms with E-state index >= 15 is 13.2 Å². The van der Waals surface area contributed by atoms with Crippen molar-refractivity contribution >= 4 is 43.6 Å². The molecule has 3 aromatic heterocycles. The van der Waals surface area contributed by atoms with Crippen molar-refractivity contribution in [3.8, 4) is 78.9 Å². The fourth-order valence-corrected chi connectivity index (χ4v) is 11.3. The summed E-state index contributed by atoms with van der Waals surface area (Å²) in [7, 11) is 0. The van der Waals surface area contributed by atoms with Gasteiger partial charge in [-0.25, -0.2) is 15.0 Å². The highest BCUT2D eigenvalue weighted by molar-refractivity contribution is 6.12. The molecule has 8 heteroatoms. The molecule has 0 amide bonds. The van der Waals surface area contributed by atoms with Crippen molar-refractivity contribution in [3.63, 3.8) is 0 Å². The molecule has 0 saturated heterocycles. The summed E-state index contributed by atoms with van der Waals surface area (Å²) in [6, 6.07) is 72.0. The third-order valence-electron chi connectivity index (χ3n) is 14.5. The summed E-state index contributed by atoms with van der Waals surface area (Å²) in [6.45, 7) is 8.43. The van der Waals surface area contributed by atoms with E-state index in [4.69, 9.17) is 15.0 Å². The lowest BCUT2D eigenvalue weighted by Crippen LogP contribution is -2.08. The molecular formula is C68H48F3N5. The number of nitrogens with zero attached hydrogens (tertiary/aromatic N) is 5. The summed E-state index contributed by atoms with van der Waals surface area (Å²) in [5, 5.41) is 4.07. The average Bonchev–Trinajstić information content (AvgIpc) is 3.99. The lowest BCUT2D eigenvalue weighted by Gasteiger charge is -2.20. The number of para-hydroxylation sites is 2.